The lowest BCUT2D eigenvalue weighted by Crippen LogP contribution is -2.10. The van der Waals surface area contributed by atoms with Crippen molar-refractivity contribution in [2.75, 3.05) is 0 Å². The molecule has 0 amide bonds. The number of aryl methyl sites for hydroxylation is 4. The van der Waals surface area contributed by atoms with Crippen molar-refractivity contribution in [3.8, 4) is 11.3 Å². The Hall–Kier alpha value is -1.90. The lowest BCUT2D eigenvalue weighted by atomic mass is 9.91. The second-order valence-electron chi connectivity index (χ2n) is 5.39. The Balaban J connectivity index is 2.25. The first-order valence-electron chi connectivity index (χ1n) is 6.74. The van der Waals surface area contributed by atoms with Crippen LogP contribution in [0.15, 0.2) is 18.2 Å². The van der Waals surface area contributed by atoms with Crippen LogP contribution >= 0.6 is 0 Å². The van der Waals surface area contributed by atoms with Gasteiger partial charge in [0.25, 0.3) is 0 Å². The van der Waals surface area contributed by atoms with Gasteiger partial charge in [0.05, 0.1) is 17.0 Å². The third-order valence-corrected chi connectivity index (χ3v) is 3.85. The molecule has 1 aromatic heterocycles. The molecule has 0 atom stereocenters. The van der Waals surface area contributed by atoms with Gasteiger partial charge in [-0.15, -0.1) is 0 Å². The molecule has 0 bridgehead atoms. The van der Waals surface area contributed by atoms with Gasteiger partial charge in [0.1, 0.15) is 0 Å². The summed E-state index contributed by atoms with van der Waals surface area (Å²) in [6.45, 7) is 4.18. The van der Waals surface area contributed by atoms with Crippen molar-refractivity contribution < 1.29 is 4.79 Å². The van der Waals surface area contributed by atoms with Crippen LogP contribution in [-0.2, 0) is 13.5 Å². The molecule has 3 heteroatoms. The van der Waals surface area contributed by atoms with Crippen molar-refractivity contribution >= 4 is 5.78 Å². The molecule has 0 aliphatic heterocycles. The van der Waals surface area contributed by atoms with Crippen LogP contribution in [0.2, 0.25) is 0 Å². The van der Waals surface area contributed by atoms with E-state index in [1.807, 2.05) is 11.7 Å². The molecule has 0 unspecified atom stereocenters. The Kier molecular flexibility index (Phi) is 2.77. The fourth-order valence-corrected chi connectivity index (χ4v) is 2.98. The van der Waals surface area contributed by atoms with Gasteiger partial charge in [-0.3, -0.25) is 9.48 Å². The quantitative estimate of drug-likeness (QED) is 0.783. The van der Waals surface area contributed by atoms with Crippen molar-refractivity contribution in [1.82, 2.24) is 9.78 Å². The summed E-state index contributed by atoms with van der Waals surface area (Å²) in [4.78, 5) is 12.2. The fraction of sp³-hybridized carbons (Fsp3) is 0.375. The minimum absolute atomic E-state index is 0.240. The molecule has 1 aliphatic rings. The average molecular weight is 254 g/mol. The van der Waals surface area contributed by atoms with Gasteiger partial charge in [0.15, 0.2) is 5.78 Å². The minimum atomic E-state index is 0.240. The highest BCUT2D eigenvalue weighted by molar-refractivity contribution is 6.03. The second-order valence-corrected chi connectivity index (χ2v) is 5.39. The maximum atomic E-state index is 12.2. The van der Waals surface area contributed by atoms with Gasteiger partial charge in [0, 0.05) is 19.0 Å². The number of ketones is 1. The van der Waals surface area contributed by atoms with E-state index in [2.05, 4.69) is 37.1 Å². The Morgan fingerprint density at radius 3 is 2.74 bits per heavy atom. The smallest absolute Gasteiger partial charge is 0.166 e. The number of hydrogen-bond donors (Lipinski definition) is 0. The lowest BCUT2D eigenvalue weighted by molar-refractivity contribution is 0.0973. The molecule has 0 spiro atoms. The number of fused-ring (bicyclic) bond motifs is 1. The Morgan fingerprint density at radius 2 is 2.00 bits per heavy atom. The van der Waals surface area contributed by atoms with E-state index in [-0.39, 0.29) is 5.78 Å². The SMILES string of the molecule is Cc1ccc(-c2c3c(nn2C)CCCC3=O)c(C)c1. The first-order chi connectivity index (χ1) is 9.08. The normalized spacial score (nSPS) is 14.6. The number of hydrogen-bond acceptors (Lipinski definition) is 2. The lowest BCUT2D eigenvalue weighted by Gasteiger charge is -2.12. The molecule has 0 radical (unpaired) electrons. The van der Waals surface area contributed by atoms with E-state index >= 15 is 0 Å². The third kappa shape index (κ3) is 1.89. The van der Waals surface area contributed by atoms with Crippen LogP contribution in [0.4, 0.5) is 0 Å². The zero-order valence-corrected chi connectivity index (χ0v) is 11.7. The number of Topliss-reactive ketones (excluding diaryl/α,β-unsaturated/α-hetero) is 1. The predicted molar refractivity (Wildman–Crippen MR) is 75.4 cm³/mol. The molecule has 98 valence electrons. The van der Waals surface area contributed by atoms with Gasteiger partial charge in [0.2, 0.25) is 0 Å². The van der Waals surface area contributed by atoms with E-state index < -0.39 is 0 Å². The number of rotatable bonds is 1. The number of nitrogens with zero attached hydrogens (tertiary/aromatic N) is 2. The second kappa shape index (κ2) is 4.34. The van der Waals surface area contributed by atoms with E-state index in [1.165, 1.54) is 11.1 Å². The first-order valence-corrected chi connectivity index (χ1v) is 6.74. The molecule has 0 N–H and O–H groups in total. The van der Waals surface area contributed by atoms with Gasteiger partial charge in [-0.2, -0.15) is 5.10 Å². The molecule has 1 heterocycles. The third-order valence-electron chi connectivity index (χ3n) is 3.85. The van der Waals surface area contributed by atoms with E-state index in [1.54, 1.807) is 0 Å². The summed E-state index contributed by atoms with van der Waals surface area (Å²) in [5.41, 5.74) is 6.36. The molecule has 2 aromatic rings. The van der Waals surface area contributed by atoms with Crippen LogP contribution in [-0.4, -0.2) is 15.6 Å². The molecule has 1 aromatic carbocycles. The topological polar surface area (TPSA) is 34.9 Å². The zero-order valence-electron chi connectivity index (χ0n) is 11.7. The molecule has 0 saturated carbocycles. The van der Waals surface area contributed by atoms with Gasteiger partial charge in [-0.25, -0.2) is 0 Å². The van der Waals surface area contributed by atoms with Crippen molar-refractivity contribution in [3.05, 3.63) is 40.6 Å². The van der Waals surface area contributed by atoms with Crippen molar-refractivity contribution in [2.24, 2.45) is 7.05 Å². The molecular formula is C16H18N2O. The maximum Gasteiger partial charge on any atom is 0.166 e. The molecule has 1 aliphatic carbocycles. The van der Waals surface area contributed by atoms with Crippen LogP contribution in [0.5, 0.6) is 0 Å². The van der Waals surface area contributed by atoms with Crippen LogP contribution in [0.1, 0.15) is 40.0 Å². The monoisotopic (exact) mass is 254 g/mol. The molecule has 3 nitrogen and oxygen atoms in total. The summed E-state index contributed by atoms with van der Waals surface area (Å²) in [6.07, 6.45) is 2.49. The molecule has 19 heavy (non-hydrogen) atoms. The average Bonchev–Trinajstić information content (AvgIpc) is 2.67. The predicted octanol–water partition coefficient (Wildman–Crippen LogP) is 3.22. The van der Waals surface area contributed by atoms with Gasteiger partial charge >= 0.3 is 0 Å². The summed E-state index contributed by atoms with van der Waals surface area (Å²) < 4.78 is 1.87. The highest BCUT2D eigenvalue weighted by Gasteiger charge is 2.27. The van der Waals surface area contributed by atoms with Crippen LogP contribution < -0.4 is 0 Å². The fourth-order valence-electron chi connectivity index (χ4n) is 2.98. The zero-order chi connectivity index (χ0) is 13.6. The Morgan fingerprint density at radius 1 is 1.21 bits per heavy atom. The Bertz CT molecular complexity index is 668. The molecular weight excluding hydrogens is 236 g/mol. The maximum absolute atomic E-state index is 12.2. The summed E-state index contributed by atoms with van der Waals surface area (Å²) in [5.74, 6) is 0.240. The van der Waals surface area contributed by atoms with Crippen molar-refractivity contribution in [1.29, 1.82) is 0 Å². The van der Waals surface area contributed by atoms with Crippen LogP contribution in [0.3, 0.4) is 0 Å². The molecule has 3 rings (SSSR count). The highest BCUT2D eigenvalue weighted by atomic mass is 16.1. The number of benzene rings is 1. The van der Waals surface area contributed by atoms with E-state index in [4.69, 9.17) is 0 Å². The van der Waals surface area contributed by atoms with E-state index in [9.17, 15) is 4.79 Å². The largest absolute Gasteiger partial charge is 0.294 e. The highest BCUT2D eigenvalue weighted by Crippen LogP contribution is 2.33. The minimum Gasteiger partial charge on any atom is -0.294 e. The summed E-state index contributed by atoms with van der Waals surface area (Å²) in [7, 11) is 1.93. The van der Waals surface area contributed by atoms with Crippen LogP contribution in [0, 0.1) is 13.8 Å². The number of carbonyl (C=O) groups excluding carboxylic acids is 1. The van der Waals surface area contributed by atoms with Gasteiger partial charge in [-0.1, -0.05) is 23.8 Å². The first kappa shape index (κ1) is 12.2. The standard InChI is InChI=1S/C16H18N2O/c1-10-7-8-12(11(2)9-10)16-15-13(17-18(16)3)5-4-6-14(15)19/h7-9H,4-6H2,1-3H3. The summed E-state index contributed by atoms with van der Waals surface area (Å²) >= 11 is 0. The van der Waals surface area contributed by atoms with Gasteiger partial charge in [-0.05, 0) is 32.3 Å². The summed E-state index contributed by atoms with van der Waals surface area (Å²) in [5, 5.41) is 4.54. The summed E-state index contributed by atoms with van der Waals surface area (Å²) in [6, 6.07) is 6.35. The van der Waals surface area contributed by atoms with E-state index in [0.29, 0.717) is 6.42 Å². The van der Waals surface area contributed by atoms with Crippen LogP contribution in [0.25, 0.3) is 11.3 Å². The molecule has 0 fully saturated rings. The van der Waals surface area contributed by atoms with Crippen molar-refractivity contribution in [2.45, 2.75) is 33.1 Å². The number of aromatic nitrogens is 2. The van der Waals surface area contributed by atoms with Gasteiger partial charge < -0.3 is 0 Å². The molecule has 0 saturated heterocycles. The Labute approximate surface area is 113 Å². The number of carbonyl (C=O) groups is 1. The van der Waals surface area contributed by atoms with E-state index in [0.717, 1.165) is 35.4 Å². The van der Waals surface area contributed by atoms with Crippen molar-refractivity contribution in [3.63, 3.8) is 0 Å².